The van der Waals surface area contributed by atoms with Crippen LogP contribution >= 0.6 is 15.9 Å². The molecule has 0 radical (unpaired) electrons. The van der Waals surface area contributed by atoms with E-state index in [-0.39, 0.29) is 30.4 Å². The summed E-state index contributed by atoms with van der Waals surface area (Å²) in [5, 5.41) is 5.22. The number of amides is 3. The zero-order chi connectivity index (χ0) is 19.7. The van der Waals surface area contributed by atoms with Gasteiger partial charge < -0.3 is 15.5 Å². The molecular formula is C18H17BrF2N4O2. The second-order valence-electron chi connectivity index (χ2n) is 6.32. The highest BCUT2D eigenvalue weighted by molar-refractivity contribution is 9.10. The minimum absolute atomic E-state index is 0.0145. The molecular weight excluding hydrogens is 422 g/mol. The van der Waals surface area contributed by atoms with E-state index in [2.05, 4.69) is 31.5 Å². The standard InChI is InChI=1S/C18H17BrF2N4O2/c1-9-5-15(22-6-12(9)19)10(2)23-16(26)8-25-7-11-14(24-18(25)27)4-3-13(20)17(11)21/h3-6,10H,7-8H2,1-2H3,(H,23,26)(H,24,27). The highest BCUT2D eigenvalue weighted by Gasteiger charge is 2.28. The lowest BCUT2D eigenvalue weighted by atomic mass is 10.1. The molecule has 2 N–H and O–H groups in total. The number of hydrogen-bond acceptors (Lipinski definition) is 3. The van der Waals surface area contributed by atoms with Gasteiger partial charge in [-0.3, -0.25) is 9.78 Å². The number of halogens is 3. The van der Waals surface area contributed by atoms with Gasteiger partial charge in [-0.25, -0.2) is 13.6 Å². The highest BCUT2D eigenvalue weighted by atomic mass is 79.9. The number of nitrogens with zero attached hydrogens (tertiary/aromatic N) is 2. The number of fused-ring (bicyclic) bond motifs is 1. The summed E-state index contributed by atoms with van der Waals surface area (Å²) in [7, 11) is 0. The average Bonchev–Trinajstić information content (AvgIpc) is 2.62. The number of pyridine rings is 1. The number of benzene rings is 1. The van der Waals surface area contributed by atoms with Crippen LogP contribution in [0.1, 0.15) is 29.8 Å². The maximum atomic E-state index is 14.0. The Kier molecular flexibility index (Phi) is 5.41. The molecule has 1 aliphatic heterocycles. The van der Waals surface area contributed by atoms with E-state index in [9.17, 15) is 18.4 Å². The third-order valence-electron chi connectivity index (χ3n) is 4.30. The Hall–Kier alpha value is -2.55. The minimum atomic E-state index is -1.03. The van der Waals surface area contributed by atoms with Crippen LogP contribution in [0.4, 0.5) is 19.3 Å². The molecule has 0 fully saturated rings. The molecule has 1 aliphatic rings. The van der Waals surface area contributed by atoms with Gasteiger partial charge in [0.25, 0.3) is 0 Å². The first-order valence-electron chi connectivity index (χ1n) is 8.20. The molecule has 2 aromatic rings. The molecule has 1 aromatic carbocycles. The van der Waals surface area contributed by atoms with Crippen molar-refractivity contribution in [2.24, 2.45) is 0 Å². The SMILES string of the molecule is Cc1cc(C(C)NC(=O)CN2Cc3c(ccc(F)c3F)NC2=O)ncc1Br. The first kappa shape index (κ1) is 19.2. The smallest absolute Gasteiger partial charge is 0.322 e. The number of nitrogens with one attached hydrogen (secondary N) is 2. The van der Waals surface area contributed by atoms with Gasteiger partial charge in [0.05, 0.1) is 24.0 Å². The number of aromatic nitrogens is 1. The van der Waals surface area contributed by atoms with Gasteiger partial charge in [-0.05, 0) is 53.5 Å². The lowest BCUT2D eigenvalue weighted by Gasteiger charge is -2.29. The van der Waals surface area contributed by atoms with E-state index in [0.29, 0.717) is 5.69 Å². The number of urea groups is 1. The molecule has 27 heavy (non-hydrogen) atoms. The summed E-state index contributed by atoms with van der Waals surface area (Å²) >= 11 is 3.37. The Morgan fingerprint density at radius 3 is 2.89 bits per heavy atom. The van der Waals surface area contributed by atoms with E-state index >= 15 is 0 Å². The summed E-state index contributed by atoms with van der Waals surface area (Å²) in [6.07, 6.45) is 1.65. The summed E-state index contributed by atoms with van der Waals surface area (Å²) in [6, 6.07) is 3.17. The number of rotatable bonds is 4. The Labute approximate surface area is 163 Å². The zero-order valence-corrected chi connectivity index (χ0v) is 16.2. The molecule has 0 aliphatic carbocycles. The van der Waals surface area contributed by atoms with Gasteiger partial charge in [0, 0.05) is 16.2 Å². The van der Waals surface area contributed by atoms with Crippen molar-refractivity contribution in [2.45, 2.75) is 26.4 Å². The van der Waals surface area contributed by atoms with E-state index in [4.69, 9.17) is 0 Å². The number of carbonyl (C=O) groups excluding carboxylic acids is 2. The highest BCUT2D eigenvalue weighted by Crippen LogP contribution is 2.27. The van der Waals surface area contributed by atoms with Gasteiger partial charge in [-0.2, -0.15) is 0 Å². The first-order chi connectivity index (χ1) is 12.8. The van der Waals surface area contributed by atoms with Crippen molar-refractivity contribution in [1.29, 1.82) is 0 Å². The van der Waals surface area contributed by atoms with Crippen molar-refractivity contribution in [2.75, 3.05) is 11.9 Å². The number of carbonyl (C=O) groups is 2. The van der Waals surface area contributed by atoms with Crippen LogP contribution in [0.2, 0.25) is 0 Å². The summed E-state index contributed by atoms with van der Waals surface area (Å²) in [5.41, 5.74) is 1.87. The zero-order valence-electron chi connectivity index (χ0n) is 14.6. The van der Waals surface area contributed by atoms with E-state index < -0.39 is 23.6 Å². The van der Waals surface area contributed by atoms with Crippen LogP contribution in [0.3, 0.4) is 0 Å². The topological polar surface area (TPSA) is 74.3 Å². The Morgan fingerprint density at radius 1 is 1.44 bits per heavy atom. The molecule has 0 spiro atoms. The van der Waals surface area contributed by atoms with Crippen LogP contribution < -0.4 is 10.6 Å². The molecule has 1 atom stereocenters. The summed E-state index contributed by atoms with van der Waals surface area (Å²) in [5.74, 6) is -2.46. The third kappa shape index (κ3) is 4.08. The minimum Gasteiger partial charge on any atom is -0.346 e. The van der Waals surface area contributed by atoms with Gasteiger partial charge in [-0.15, -0.1) is 0 Å². The van der Waals surface area contributed by atoms with Crippen molar-refractivity contribution in [3.63, 3.8) is 0 Å². The predicted molar refractivity (Wildman–Crippen MR) is 99.0 cm³/mol. The number of anilines is 1. The lowest BCUT2D eigenvalue weighted by Crippen LogP contribution is -2.45. The van der Waals surface area contributed by atoms with Gasteiger partial charge in [-0.1, -0.05) is 0 Å². The van der Waals surface area contributed by atoms with Crippen LogP contribution in [0, 0.1) is 18.6 Å². The fraction of sp³-hybridized carbons (Fsp3) is 0.278. The molecule has 6 nitrogen and oxygen atoms in total. The number of aryl methyl sites for hydroxylation is 1. The van der Waals surface area contributed by atoms with Crippen LogP contribution in [0.15, 0.2) is 28.9 Å². The molecule has 0 bridgehead atoms. The van der Waals surface area contributed by atoms with E-state index in [0.717, 1.165) is 21.0 Å². The van der Waals surface area contributed by atoms with Crippen LogP contribution in [-0.2, 0) is 11.3 Å². The molecule has 3 rings (SSSR count). The van der Waals surface area contributed by atoms with E-state index in [1.54, 1.807) is 13.1 Å². The maximum Gasteiger partial charge on any atom is 0.322 e. The Morgan fingerprint density at radius 2 is 2.19 bits per heavy atom. The fourth-order valence-electron chi connectivity index (χ4n) is 2.78. The fourth-order valence-corrected chi connectivity index (χ4v) is 3.00. The third-order valence-corrected chi connectivity index (χ3v) is 5.13. The molecule has 1 aromatic heterocycles. The largest absolute Gasteiger partial charge is 0.346 e. The van der Waals surface area contributed by atoms with Gasteiger partial charge in [0.15, 0.2) is 11.6 Å². The normalized spacial score (nSPS) is 14.4. The van der Waals surface area contributed by atoms with Crippen LogP contribution in [-0.4, -0.2) is 28.4 Å². The lowest BCUT2D eigenvalue weighted by molar-refractivity contribution is -0.122. The number of hydrogen-bond donors (Lipinski definition) is 2. The van der Waals surface area contributed by atoms with E-state index in [1.165, 1.54) is 6.07 Å². The second-order valence-corrected chi connectivity index (χ2v) is 7.18. The van der Waals surface area contributed by atoms with Crippen molar-refractivity contribution in [1.82, 2.24) is 15.2 Å². The van der Waals surface area contributed by atoms with Crippen molar-refractivity contribution >= 4 is 33.6 Å². The average molecular weight is 439 g/mol. The summed E-state index contributed by atoms with van der Waals surface area (Å²) in [4.78, 5) is 29.8. The van der Waals surface area contributed by atoms with Crippen LogP contribution in [0.5, 0.6) is 0 Å². The molecule has 9 heteroatoms. The molecule has 3 amide bonds. The molecule has 0 saturated carbocycles. The quantitative estimate of drug-likeness (QED) is 0.764. The predicted octanol–water partition coefficient (Wildman–Crippen LogP) is 3.66. The Balaban J connectivity index is 1.67. The second kappa shape index (κ2) is 7.59. The molecule has 0 saturated heterocycles. The molecule has 1 unspecified atom stereocenters. The monoisotopic (exact) mass is 438 g/mol. The summed E-state index contributed by atoms with van der Waals surface area (Å²) < 4.78 is 28.2. The summed E-state index contributed by atoms with van der Waals surface area (Å²) in [6.45, 7) is 3.20. The molecule has 142 valence electrons. The maximum absolute atomic E-state index is 14.0. The van der Waals surface area contributed by atoms with Crippen molar-refractivity contribution in [3.8, 4) is 0 Å². The Bertz CT molecular complexity index is 922. The van der Waals surface area contributed by atoms with Crippen molar-refractivity contribution < 1.29 is 18.4 Å². The van der Waals surface area contributed by atoms with Crippen molar-refractivity contribution in [3.05, 3.63) is 57.3 Å². The van der Waals surface area contributed by atoms with E-state index in [1.807, 2.05) is 13.0 Å². The van der Waals surface area contributed by atoms with Gasteiger partial charge >= 0.3 is 6.03 Å². The van der Waals surface area contributed by atoms with Gasteiger partial charge in [0.2, 0.25) is 5.91 Å². The first-order valence-corrected chi connectivity index (χ1v) is 8.99. The van der Waals surface area contributed by atoms with Gasteiger partial charge in [0.1, 0.15) is 6.54 Å². The van der Waals surface area contributed by atoms with Crippen LogP contribution in [0.25, 0.3) is 0 Å². The molecule has 2 heterocycles.